The molecule has 0 radical (unpaired) electrons. The van der Waals surface area contributed by atoms with E-state index >= 15 is 0 Å². The minimum atomic E-state index is -0.561. The second-order valence-electron chi connectivity index (χ2n) is 4.73. The predicted molar refractivity (Wildman–Crippen MR) is 74.5 cm³/mol. The van der Waals surface area contributed by atoms with E-state index in [2.05, 4.69) is 0 Å². The molecule has 0 aliphatic carbocycles. The van der Waals surface area contributed by atoms with Gasteiger partial charge in [-0.25, -0.2) is 4.79 Å². The van der Waals surface area contributed by atoms with Gasteiger partial charge in [-0.2, -0.15) is 0 Å². The third-order valence-electron chi connectivity index (χ3n) is 3.26. The van der Waals surface area contributed by atoms with E-state index in [0.29, 0.717) is 17.1 Å². The molecular formula is C16H14O5. The van der Waals surface area contributed by atoms with Crippen molar-refractivity contribution in [2.45, 2.75) is 13.5 Å². The first kappa shape index (κ1) is 13.3. The minimum Gasteiger partial charge on any atom is -0.507 e. The van der Waals surface area contributed by atoms with Gasteiger partial charge in [-0.05, 0) is 36.2 Å². The van der Waals surface area contributed by atoms with E-state index in [0.717, 1.165) is 5.56 Å². The molecule has 0 amide bonds. The summed E-state index contributed by atoms with van der Waals surface area (Å²) >= 11 is 0. The van der Waals surface area contributed by atoms with E-state index in [9.17, 15) is 9.90 Å². The molecule has 0 aromatic heterocycles. The smallest absolute Gasteiger partial charge is 0.342 e. The lowest BCUT2D eigenvalue weighted by Gasteiger charge is -2.08. The van der Waals surface area contributed by atoms with E-state index in [4.69, 9.17) is 14.2 Å². The molecule has 0 saturated heterocycles. The van der Waals surface area contributed by atoms with Crippen molar-refractivity contribution in [2.75, 3.05) is 6.79 Å². The van der Waals surface area contributed by atoms with Crippen LogP contribution in [0, 0.1) is 6.92 Å². The highest BCUT2D eigenvalue weighted by atomic mass is 16.7. The van der Waals surface area contributed by atoms with Crippen LogP contribution in [0.5, 0.6) is 17.2 Å². The van der Waals surface area contributed by atoms with Crippen molar-refractivity contribution >= 4 is 5.97 Å². The Kier molecular flexibility index (Phi) is 3.39. The molecule has 5 heteroatoms. The van der Waals surface area contributed by atoms with Crippen LogP contribution >= 0.6 is 0 Å². The normalized spacial score (nSPS) is 12.2. The van der Waals surface area contributed by atoms with Crippen molar-refractivity contribution in [3.05, 3.63) is 53.1 Å². The van der Waals surface area contributed by atoms with Crippen LogP contribution in [0.1, 0.15) is 21.5 Å². The van der Waals surface area contributed by atoms with Gasteiger partial charge in [-0.3, -0.25) is 0 Å². The number of phenols is 1. The first-order valence-electron chi connectivity index (χ1n) is 6.49. The van der Waals surface area contributed by atoms with Crippen LogP contribution in [0.4, 0.5) is 0 Å². The molecule has 108 valence electrons. The molecule has 2 aromatic rings. The molecule has 0 spiro atoms. The summed E-state index contributed by atoms with van der Waals surface area (Å²) in [6.07, 6.45) is 0. The van der Waals surface area contributed by atoms with Crippen LogP contribution in [0.2, 0.25) is 0 Å². The van der Waals surface area contributed by atoms with E-state index in [1.807, 2.05) is 0 Å². The number of carbonyl (C=O) groups excluding carboxylic acids is 1. The van der Waals surface area contributed by atoms with Gasteiger partial charge in [0.15, 0.2) is 11.5 Å². The zero-order valence-electron chi connectivity index (χ0n) is 11.5. The van der Waals surface area contributed by atoms with Gasteiger partial charge >= 0.3 is 5.97 Å². The topological polar surface area (TPSA) is 65.0 Å². The number of rotatable bonds is 3. The highest BCUT2D eigenvalue weighted by Gasteiger charge is 2.16. The quantitative estimate of drug-likeness (QED) is 0.879. The summed E-state index contributed by atoms with van der Waals surface area (Å²) in [5, 5.41) is 9.85. The number of benzene rings is 2. The standard InChI is InChI=1S/C16H14O5/c1-10-3-2-4-12(15(10)17)16(18)19-8-11-5-6-13-14(7-11)21-9-20-13/h2-7,17H,8-9H2,1H3. The Hall–Kier alpha value is -2.69. The van der Waals surface area contributed by atoms with Crippen LogP contribution < -0.4 is 9.47 Å². The van der Waals surface area contributed by atoms with Crippen LogP contribution in [0.3, 0.4) is 0 Å². The Morgan fingerprint density at radius 2 is 2.05 bits per heavy atom. The van der Waals surface area contributed by atoms with Gasteiger partial charge in [-0.15, -0.1) is 0 Å². The number of aromatic hydroxyl groups is 1. The number of aryl methyl sites for hydroxylation is 1. The van der Waals surface area contributed by atoms with Crippen molar-refractivity contribution in [1.29, 1.82) is 0 Å². The summed E-state index contributed by atoms with van der Waals surface area (Å²) < 4.78 is 15.7. The van der Waals surface area contributed by atoms with E-state index in [-0.39, 0.29) is 24.7 Å². The number of para-hydroxylation sites is 1. The van der Waals surface area contributed by atoms with Gasteiger partial charge in [-0.1, -0.05) is 18.2 Å². The molecule has 2 aromatic carbocycles. The SMILES string of the molecule is Cc1cccc(C(=O)OCc2ccc3c(c2)OCO3)c1O. The Labute approximate surface area is 121 Å². The molecule has 3 rings (SSSR count). The molecule has 1 N–H and O–H groups in total. The molecule has 5 nitrogen and oxygen atoms in total. The maximum Gasteiger partial charge on any atom is 0.342 e. The maximum atomic E-state index is 12.0. The van der Waals surface area contributed by atoms with Crippen LogP contribution in [-0.2, 0) is 11.3 Å². The summed E-state index contributed by atoms with van der Waals surface area (Å²) in [6.45, 7) is 2.03. The number of hydrogen-bond donors (Lipinski definition) is 1. The molecule has 0 bridgehead atoms. The zero-order chi connectivity index (χ0) is 14.8. The third kappa shape index (κ3) is 2.63. The lowest BCUT2D eigenvalue weighted by molar-refractivity contribution is 0.0469. The largest absolute Gasteiger partial charge is 0.507 e. The molecule has 0 unspecified atom stereocenters. The van der Waals surface area contributed by atoms with Gasteiger partial charge in [0.1, 0.15) is 17.9 Å². The lowest BCUT2D eigenvalue weighted by Crippen LogP contribution is -2.06. The summed E-state index contributed by atoms with van der Waals surface area (Å²) in [7, 11) is 0. The molecule has 21 heavy (non-hydrogen) atoms. The van der Waals surface area contributed by atoms with Crippen molar-refractivity contribution in [3.8, 4) is 17.2 Å². The Balaban J connectivity index is 1.70. The van der Waals surface area contributed by atoms with Crippen molar-refractivity contribution in [1.82, 2.24) is 0 Å². The first-order valence-corrected chi connectivity index (χ1v) is 6.49. The fourth-order valence-corrected chi connectivity index (χ4v) is 2.08. The zero-order valence-corrected chi connectivity index (χ0v) is 11.5. The van der Waals surface area contributed by atoms with Gasteiger partial charge in [0.05, 0.1) is 0 Å². The van der Waals surface area contributed by atoms with Gasteiger partial charge < -0.3 is 19.3 Å². The van der Waals surface area contributed by atoms with Crippen LogP contribution in [-0.4, -0.2) is 17.9 Å². The van der Waals surface area contributed by atoms with Crippen molar-refractivity contribution in [2.24, 2.45) is 0 Å². The summed E-state index contributed by atoms with van der Waals surface area (Å²) in [4.78, 5) is 12.0. The number of fused-ring (bicyclic) bond motifs is 1. The first-order chi connectivity index (χ1) is 10.1. The average molecular weight is 286 g/mol. The summed E-state index contributed by atoms with van der Waals surface area (Å²) in [6, 6.07) is 10.3. The maximum absolute atomic E-state index is 12.0. The van der Waals surface area contributed by atoms with Crippen LogP contribution in [0.15, 0.2) is 36.4 Å². The van der Waals surface area contributed by atoms with Gasteiger partial charge in [0, 0.05) is 0 Å². The number of esters is 1. The average Bonchev–Trinajstić information content (AvgIpc) is 2.95. The van der Waals surface area contributed by atoms with E-state index in [1.54, 1.807) is 37.3 Å². The Bertz CT molecular complexity index is 693. The molecular weight excluding hydrogens is 272 g/mol. The lowest BCUT2D eigenvalue weighted by atomic mass is 10.1. The highest BCUT2D eigenvalue weighted by molar-refractivity contribution is 5.92. The van der Waals surface area contributed by atoms with Crippen molar-refractivity contribution < 1.29 is 24.1 Å². The fourth-order valence-electron chi connectivity index (χ4n) is 2.08. The fraction of sp³-hybridized carbons (Fsp3) is 0.188. The van der Waals surface area contributed by atoms with Crippen LogP contribution in [0.25, 0.3) is 0 Å². The minimum absolute atomic E-state index is 0.0480. The summed E-state index contributed by atoms with van der Waals surface area (Å²) in [5.41, 5.74) is 1.59. The second kappa shape index (κ2) is 5.36. The monoisotopic (exact) mass is 286 g/mol. The highest BCUT2D eigenvalue weighted by Crippen LogP contribution is 2.32. The van der Waals surface area contributed by atoms with Gasteiger partial charge in [0.25, 0.3) is 0 Å². The third-order valence-corrected chi connectivity index (χ3v) is 3.26. The molecule has 1 heterocycles. The van der Waals surface area contributed by atoms with E-state index < -0.39 is 5.97 Å². The molecule has 1 aliphatic rings. The predicted octanol–water partition coefficient (Wildman–Crippen LogP) is 2.79. The number of hydrogen-bond acceptors (Lipinski definition) is 5. The second-order valence-corrected chi connectivity index (χ2v) is 4.73. The van der Waals surface area contributed by atoms with E-state index in [1.165, 1.54) is 6.07 Å². The number of carbonyl (C=O) groups is 1. The molecule has 1 aliphatic heterocycles. The number of ether oxygens (including phenoxy) is 3. The van der Waals surface area contributed by atoms with Crippen molar-refractivity contribution in [3.63, 3.8) is 0 Å². The molecule has 0 atom stereocenters. The summed E-state index contributed by atoms with van der Waals surface area (Å²) in [5.74, 6) is 0.713. The Morgan fingerprint density at radius 3 is 2.90 bits per heavy atom. The molecule has 0 fully saturated rings. The van der Waals surface area contributed by atoms with Gasteiger partial charge in [0.2, 0.25) is 6.79 Å². The number of phenolic OH excluding ortho intramolecular Hbond substituents is 1. The Morgan fingerprint density at radius 1 is 1.24 bits per heavy atom. The molecule has 0 saturated carbocycles.